The number of ether oxygens (including phenoxy) is 2. The lowest BCUT2D eigenvalue weighted by Gasteiger charge is -2.08. The zero-order valence-corrected chi connectivity index (χ0v) is 16.3. The third-order valence-corrected chi connectivity index (χ3v) is 4.94. The van der Waals surface area contributed by atoms with Crippen molar-refractivity contribution in [2.45, 2.75) is 20.8 Å². The third kappa shape index (κ3) is 4.80. The minimum atomic E-state index is -0.995. The van der Waals surface area contributed by atoms with E-state index in [1.807, 2.05) is 0 Å². The highest BCUT2D eigenvalue weighted by Gasteiger charge is 2.25. The molecule has 2 aromatic rings. The normalized spacial score (nSPS) is 10.3. The standard InChI is InChI=1S/C19H18FNO6S/c1-4-26-19(25)15-10(2)16(11(3)22)28-17(15)21-14(23)9-27-18(24)12-7-5-6-8-13(12)20/h5-8H,4,9H2,1-3H3,(H,21,23). The van der Waals surface area contributed by atoms with Gasteiger partial charge >= 0.3 is 11.9 Å². The number of thiophene rings is 1. The Balaban J connectivity index is 2.14. The van der Waals surface area contributed by atoms with Crippen LogP contribution in [0.5, 0.6) is 0 Å². The predicted molar refractivity (Wildman–Crippen MR) is 100 cm³/mol. The lowest BCUT2D eigenvalue weighted by molar-refractivity contribution is -0.119. The maximum absolute atomic E-state index is 13.6. The van der Waals surface area contributed by atoms with E-state index in [9.17, 15) is 23.6 Å². The van der Waals surface area contributed by atoms with Crippen molar-refractivity contribution < 1.29 is 33.0 Å². The minimum Gasteiger partial charge on any atom is -0.462 e. The number of carbonyl (C=O) groups excluding carboxylic acids is 4. The second-order valence-electron chi connectivity index (χ2n) is 5.64. The van der Waals surface area contributed by atoms with Gasteiger partial charge in [0.15, 0.2) is 12.4 Å². The summed E-state index contributed by atoms with van der Waals surface area (Å²) in [5.74, 6) is -3.45. The van der Waals surface area contributed by atoms with Gasteiger partial charge in [-0.3, -0.25) is 9.59 Å². The van der Waals surface area contributed by atoms with Crippen LogP contribution < -0.4 is 5.32 Å². The van der Waals surface area contributed by atoms with E-state index in [-0.39, 0.29) is 28.5 Å². The maximum atomic E-state index is 13.6. The van der Waals surface area contributed by atoms with Crippen LogP contribution >= 0.6 is 11.3 Å². The highest BCUT2D eigenvalue weighted by molar-refractivity contribution is 7.18. The summed E-state index contributed by atoms with van der Waals surface area (Å²) in [6.45, 7) is 3.98. The Labute approximate surface area is 164 Å². The molecule has 0 aliphatic carbocycles. The zero-order chi connectivity index (χ0) is 20.8. The van der Waals surface area contributed by atoms with Crippen LogP contribution in [-0.2, 0) is 14.3 Å². The SMILES string of the molecule is CCOC(=O)c1c(NC(=O)COC(=O)c2ccccc2F)sc(C(C)=O)c1C. The number of esters is 2. The first-order valence-electron chi connectivity index (χ1n) is 8.29. The fourth-order valence-corrected chi connectivity index (χ4v) is 3.49. The summed E-state index contributed by atoms with van der Waals surface area (Å²) in [5.41, 5.74) is 0.175. The van der Waals surface area contributed by atoms with Gasteiger partial charge in [-0.2, -0.15) is 0 Å². The van der Waals surface area contributed by atoms with Crippen molar-refractivity contribution in [3.05, 3.63) is 51.7 Å². The molecule has 0 saturated carbocycles. The number of carbonyl (C=O) groups is 4. The Morgan fingerprint density at radius 1 is 1.11 bits per heavy atom. The number of ketones is 1. The predicted octanol–water partition coefficient (Wildman–Crippen LogP) is 3.37. The highest BCUT2D eigenvalue weighted by atomic mass is 32.1. The van der Waals surface area contributed by atoms with Crippen LogP contribution in [0.2, 0.25) is 0 Å². The number of anilines is 1. The molecule has 0 spiro atoms. The number of halogens is 1. The van der Waals surface area contributed by atoms with Gasteiger partial charge in [-0.05, 0) is 38.5 Å². The molecule has 0 bridgehead atoms. The Hall–Kier alpha value is -3.07. The Kier molecular flexibility index (Phi) is 7.00. The number of benzene rings is 1. The molecule has 7 nitrogen and oxygen atoms in total. The lowest BCUT2D eigenvalue weighted by Crippen LogP contribution is -2.22. The van der Waals surface area contributed by atoms with Crippen LogP contribution in [-0.4, -0.2) is 36.8 Å². The summed E-state index contributed by atoms with van der Waals surface area (Å²) in [6.07, 6.45) is 0. The van der Waals surface area contributed by atoms with Gasteiger partial charge in [0, 0.05) is 0 Å². The van der Waals surface area contributed by atoms with E-state index in [0.717, 1.165) is 17.4 Å². The molecule has 1 heterocycles. The molecule has 28 heavy (non-hydrogen) atoms. The molecule has 0 radical (unpaired) electrons. The van der Waals surface area contributed by atoms with Crippen molar-refractivity contribution in [2.75, 3.05) is 18.5 Å². The topological polar surface area (TPSA) is 98.8 Å². The molecule has 1 aromatic heterocycles. The summed E-state index contributed by atoms with van der Waals surface area (Å²) in [5, 5.41) is 2.56. The molecule has 148 valence electrons. The van der Waals surface area contributed by atoms with Crippen molar-refractivity contribution >= 4 is 40.0 Å². The second kappa shape index (κ2) is 9.23. The smallest absolute Gasteiger partial charge is 0.341 e. The first-order chi connectivity index (χ1) is 13.3. The second-order valence-corrected chi connectivity index (χ2v) is 6.66. The maximum Gasteiger partial charge on any atom is 0.341 e. The molecule has 9 heteroatoms. The summed E-state index contributed by atoms with van der Waals surface area (Å²) in [7, 11) is 0. The van der Waals surface area contributed by atoms with Crippen molar-refractivity contribution in [3.8, 4) is 0 Å². The third-order valence-electron chi connectivity index (χ3n) is 3.63. The summed E-state index contributed by atoms with van der Waals surface area (Å²) >= 11 is 0.927. The average Bonchev–Trinajstić information content (AvgIpc) is 2.96. The van der Waals surface area contributed by atoms with Crippen LogP contribution in [0.15, 0.2) is 24.3 Å². The number of nitrogens with one attached hydrogen (secondary N) is 1. The first-order valence-corrected chi connectivity index (χ1v) is 9.10. The Bertz CT molecular complexity index is 937. The van der Waals surface area contributed by atoms with Crippen molar-refractivity contribution in [3.63, 3.8) is 0 Å². The van der Waals surface area contributed by atoms with Gasteiger partial charge in [0.05, 0.1) is 22.6 Å². The summed E-state index contributed by atoms with van der Waals surface area (Å²) in [4.78, 5) is 48.3. The molecule has 0 aliphatic heterocycles. The van der Waals surface area contributed by atoms with Gasteiger partial charge in [0.1, 0.15) is 10.8 Å². The van der Waals surface area contributed by atoms with E-state index in [2.05, 4.69) is 5.32 Å². The van der Waals surface area contributed by atoms with E-state index >= 15 is 0 Å². The molecule has 0 aliphatic rings. The number of hydrogen-bond acceptors (Lipinski definition) is 7. The van der Waals surface area contributed by atoms with Gasteiger partial charge in [0.2, 0.25) is 0 Å². The van der Waals surface area contributed by atoms with Crippen molar-refractivity contribution in [1.29, 1.82) is 0 Å². The van der Waals surface area contributed by atoms with Crippen LogP contribution in [0, 0.1) is 12.7 Å². The zero-order valence-electron chi connectivity index (χ0n) is 15.5. The molecule has 2 rings (SSSR count). The van der Waals surface area contributed by atoms with Crippen LogP contribution in [0.1, 0.15) is 49.8 Å². The van der Waals surface area contributed by atoms with E-state index in [0.29, 0.717) is 10.4 Å². The molecule has 1 aromatic carbocycles. The molecular weight excluding hydrogens is 389 g/mol. The van der Waals surface area contributed by atoms with Crippen LogP contribution in [0.25, 0.3) is 0 Å². The van der Waals surface area contributed by atoms with Gasteiger partial charge < -0.3 is 14.8 Å². The minimum absolute atomic E-state index is 0.0748. The van der Waals surface area contributed by atoms with E-state index in [1.54, 1.807) is 13.8 Å². The van der Waals surface area contributed by atoms with Gasteiger partial charge in [-0.1, -0.05) is 12.1 Å². The number of Topliss-reactive ketones (excluding diaryl/α,β-unsaturated/α-hetero) is 1. The monoisotopic (exact) mass is 407 g/mol. The molecule has 0 saturated heterocycles. The Morgan fingerprint density at radius 3 is 2.39 bits per heavy atom. The highest BCUT2D eigenvalue weighted by Crippen LogP contribution is 2.34. The van der Waals surface area contributed by atoms with Crippen molar-refractivity contribution in [1.82, 2.24) is 0 Å². The molecule has 0 atom stereocenters. The lowest BCUT2D eigenvalue weighted by atomic mass is 10.1. The molecule has 1 N–H and O–H groups in total. The fraction of sp³-hybridized carbons (Fsp3) is 0.263. The molecule has 0 unspecified atom stereocenters. The summed E-state index contributed by atoms with van der Waals surface area (Å²) in [6, 6.07) is 5.21. The number of hydrogen-bond donors (Lipinski definition) is 1. The van der Waals surface area contributed by atoms with E-state index < -0.39 is 30.3 Å². The van der Waals surface area contributed by atoms with E-state index in [4.69, 9.17) is 9.47 Å². The quantitative estimate of drug-likeness (QED) is 0.558. The first kappa shape index (κ1) is 21.2. The van der Waals surface area contributed by atoms with Crippen LogP contribution in [0.3, 0.4) is 0 Å². The van der Waals surface area contributed by atoms with Crippen molar-refractivity contribution in [2.24, 2.45) is 0 Å². The average molecular weight is 407 g/mol. The van der Waals surface area contributed by atoms with Crippen LogP contribution in [0.4, 0.5) is 9.39 Å². The van der Waals surface area contributed by atoms with Gasteiger partial charge in [-0.15, -0.1) is 11.3 Å². The van der Waals surface area contributed by atoms with Gasteiger partial charge in [0.25, 0.3) is 5.91 Å². The molecule has 0 fully saturated rings. The molecule has 1 amide bonds. The summed E-state index contributed by atoms with van der Waals surface area (Å²) < 4.78 is 23.3. The largest absolute Gasteiger partial charge is 0.462 e. The van der Waals surface area contributed by atoms with E-state index in [1.165, 1.54) is 25.1 Å². The molecular formula is C19H18FNO6S. The van der Waals surface area contributed by atoms with Gasteiger partial charge in [-0.25, -0.2) is 14.0 Å². The Morgan fingerprint density at radius 2 is 1.79 bits per heavy atom. The number of amides is 1. The fourth-order valence-electron chi connectivity index (χ4n) is 2.38. The number of rotatable bonds is 7.